The Morgan fingerprint density at radius 3 is 2.41 bits per heavy atom. The molecule has 0 aliphatic heterocycles. The lowest BCUT2D eigenvalue weighted by molar-refractivity contribution is -0.211. The zero-order chi connectivity index (χ0) is 12.5. The van der Waals surface area contributed by atoms with Gasteiger partial charge in [0.1, 0.15) is 6.10 Å². The van der Waals surface area contributed by atoms with E-state index in [2.05, 4.69) is 13.8 Å². The van der Waals surface area contributed by atoms with Crippen molar-refractivity contribution < 1.29 is 14.6 Å². The van der Waals surface area contributed by atoms with Crippen molar-refractivity contribution in [3.05, 3.63) is 0 Å². The molecule has 2 fully saturated rings. The molecule has 0 radical (unpaired) electrons. The summed E-state index contributed by atoms with van der Waals surface area (Å²) in [5, 5.41) is 9.62. The normalized spacial score (nSPS) is 37.8. The second kappa shape index (κ2) is 5.25. The first-order valence-electron chi connectivity index (χ1n) is 6.97. The van der Waals surface area contributed by atoms with Crippen LogP contribution < -0.4 is 0 Å². The number of hydrogen-bond donors (Lipinski definition) is 1. The van der Waals surface area contributed by atoms with Crippen molar-refractivity contribution >= 4 is 0 Å². The van der Waals surface area contributed by atoms with Crippen LogP contribution in [0.3, 0.4) is 0 Å². The molecule has 3 nitrogen and oxygen atoms in total. The van der Waals surface area contributed by atoms with Crippen molar-refractivity contribution in [2.45, 2.75) is 77.3 Å². The van der Waals surface area contributed by atoms with E-state index in [0.717, 1.165) is 19.3 Å². The Morgan fingerprint density at radius 2 is 1.88 bits per heavy atom. The number of rotatable bonds is 4. The van der Waals surface area contributed by atoms with E-state index in [9.17, 15) is 5.11 Å². The molecule has 100 valence electrons. The fourth-order valence-electron chi connectivity index (χ4n) is 2.86. The first-order chi connectivity index (χ1) is 8.02. The second-order valence-corrected chi connectivity index (χ2v) is 6.26. The Bertz CT molecular complexity index is 242. The Labute approximate surface area is 104 Å². The average molecular weight is 242 g/mol. The number of aliphatic hydroxyl groups is 1. The summed E-state index contributed by atoms with van der Waals surface area (Å²) in [5.74, 6) is 0. The van der Waals surface area contributed by atoms with Crippen LogP contribution in [0.2, 0.25) is 0 Å². The van der Waals surface area contributed by atoms with Gasteiger partial charge in [-0.25, -0.2) is 0 Å². The summed E-state index contributed by atoms with van der Waals surface area (Å²) in [6.07, 6.45) is 5.62. The van der Waals surface area contributed by atoms with Crippen LogP contribution >= 0.6 is 0 Å². The minimum Gasteiger partial charge on any atom is -0.390 e. The molecule has 2 aliphatic rings. The highest BCUT2D eigenvalue weighted by molar-refractivity contribution is 4.93. The van der Waals surface area contributed by atoms with Crippen molar-refractivity contribution in [1.82, 2.24) is 0 Å². The van der Waals surface area contributed by atoms with Crippen molar-refractivity contribution in [1.29, 1.82) is 0 Å². The average Bonchev–Trinajstić information content (AvgIpc) is 2.28. The molecule has 2 rings (SSSR count). The molecular weight excluding hydrogens is 216 g/mol. The molecule has 0 amide bonds. The lowest BCUT2D eigenvalue weighted by atomic mass is 9.76. The smallest absolute Gasteiger partial charge is 0.110 e. The molecule has 2 saturated carbocycles. The van der Waals surface area contributed by atoms with E-state index in [-0.39, 0.29) is 18.3 Å². The van der Waals surface area contributed by atoms with Crippen LogP contribution in [0.15, 0.2) is 0 Å². The molecule has 0 aromatic rings. The maximum Gasteiger partial charge on any atom is 0.110 e. The molecule has 0 heterocycles. The second-order valence-electron chi connectivity index (χ2n) is 6.26. The van der Waals surface area contributed by atoms with Gasteiger partial charge >= 0.3 is 0 Å². The van der Waals surface area contributed by atoms with Gasteiger partial charge in [0.2, 0.25) is 0 Å². The minimum absolute atomic E-state index is 0.0880. The molecule has 0 aromatic carbocycles. The number of hydrogen-bond acceptors (Lipinski definition) is 3. The molecule has 3 unspecified atom stereocenters. The monoisotopic (exact) mass is 242 g/mol. The van der Waals surface area contributed by atoms with E-state index >= 15 is 0 Å². The fourth-order valence-corrected chi connectivity index (χ4v) is 2.86. The van der Waals surface area contributed by atoms with Crippen LogP contribution in [0.5, 0.6) is 0 Å². The van der Waals surface area contributed by atoms with Crippen LogP contribution in [0, 0.1) is 5.41 Å². The van der Waals surface area contributed by atoms with Crippen LogP contribution in [0.1, 0.15) is 52.9 Å². The van der Waals surface area contributed by atoms with E-state index < -0.39 is 0 Å². The predicted molar refractivity (Wildman–Crippen MR) is 66.9 cm³/mol. The zero-order valence-electron chi connectivity index (χ0n) is 11.3. The summed E-state index contributed by atoms with van der Waals surface area (Å²) in [5.41, 5.74) is 0.484. The van der Waals surface area contributed by atoms with Gasteiger partial charge in [-0.2, -0.15) is 0 Å². The molecular formula is C14H26O3. The van der Waals surface area contributed by atoms with E-state index in [4.69, 9.17) is 9.47 Å². The van der Waals surface area contributed by atoms with Crippen molar-refractivity contribution in [2.75, 3.05) is 6.61 Å². The minimum atomic E-state index is -0.319. The highest BCUT2D eigenvalue weighted by Crippen LogP contribution is 2.38. The van der Waals surface area contributed by atoms with Crippen molar-refractivity contribution in [3.63, 3.8) is 0 Å². The number of ether oxygens (including phenoxy) is 2. The molecule has 0 saturated heterocycles. The Kier molecular flexibility index (Phi) is 4.11. The highest BCUT2D eigenvalue weighted by Gasteiger charge is 2.43. The van der Waals surface area contributed by atoms with Crippen molar-refractivity contribution in [2.24, 2.45) is 5.41 Å². The Balaban J connectivity index is 1.75. The first-order valence-corrected chi connectivity index (χ1v) is 6.97. The summed E-state index contributed by atoms with van der Waals surface area (Å²) in [4.78, 5) is 0. The third-order valence-electron chi connectivity index (χ3n) is 4.23. The molecule has 3 heteroatoms. The summed E-state index contributed by atoms with van der Waals surface area (Å²) >= 11 is 0. The lowest BCUT2D eigenvalue weighted by Crippen LogP contribution is -2.55. The topological polar surface area (TPSA) is 38.7 Å². The van der Waals surface area contributed by atoms with E-state index in [1.807, 2.05) is 6.92 Å². The molecule has 17 heavy (non-hydrogen) atoms. The molecule has 1 N–H and O–H groups in total. The van der Waals surface area contributed by atoms with Gasteiger partial charge in [-0.05, 0) is 38.0 Å². The maximum atomic E-state index is 9.62. The van der Waals surface area contributed by atoms with E-state index in [1.54, 1.807) is 0 Å². The van der Waals surface area contributed by atoms with E-state index in [1.165, 1.54) is 12.8 Å². The summed E-state index contributed by atoms with van der Waals surface area (Å²) < 4.78 is 11.6. The number of aliphatic hydroxyl groups excluding tert-OH is 1. The maximum absolute atomic E-state index is 9.62. The van der Waals surface area contributed by atoms with Gasteiger partial charge in [-0.3, -0.25) is 0 Å². The highest BCUT2D eigenvalue weighted by atomic mass is 16.6. The molecule has 0 bridgehead atoms. The van der Waals surface area contributed by atoms with Gasteiger partial charge in [-0.15, -0.1) is 0 Å². The first kappa shape index (κ1) is 13.3. The fraction of sp³-hybridized carbons (Fsp3) is 1.00. The quantitative estimate of drug-likeness (QED) is 0.823. The third kappa shape index (κ3) is 3.21. The predicted octanol–water partition coefficient (Wildman–Crippen LogP) is 2.51. The largest absolute Gasteiger partial charge is 0.390 e. The van der Waals surface area contributed by atoms with Crippen LogP contribution in [-0.2, 0) is 9.47 Å². The lowest BCUT2D eigenvalue weighted by Gasteiger charge is -2.44. The SMILES string of the molecule is CCOC1C(O)CC1OC1CCC(C)(C)CC1. The van der Waals surface area contributed by atoms with Gasteiger partial charge < -0.3 is 14.6 Å². The van der Waals surface area contributed by atoms with Crippen LogP contribution in [-0.4, -0.2) is 36.1 Å². The van der Waals surface area contributed by atoms with Crippen molar-refractivity contribution in [3.8, 4) is 0 Å². The standard InChI is InChI=1S/C14H26O3/c1-4-16-13-11(15)9-12(13)17-10-5-7-14(2,3)8-6-10/h10-13,15H,4-9H2,1-3H3. The van der Waals surface area contributed by atoms with Gasteiger partial charge in [0, 0.05) is 13.0 Å². The third-order valence-corrected chi connectivity index (χ3v) is 4.23. The zero-order valence-corrected chi connectivity index (χ0v) is 11.3. The summed E-state index contributed by atoms with van der Waals surface area (Å²) in [7, 11) is 0. The van der Waals surface area contributed by atoms with Gasteiger partial charge in [0.05, 0.1) is 18.3 Å². The van der Waals surface area contributed by atoms with Crippen LogP contribution in [0.25, 0.3) is 0 Å². The molecule has 3 atom stereocenters. The van der Waals surface area contributed by atoms with E-state index in [0.29, 0.717) is 18.1 Å². The summed E-state index contributed by atoms with van der Waals surface area (Å²) in [6.45, 7) is 7.28. The van der Waals surface area contributed by atoms with Gasteiger partial charge in [-0.1, -0.05) is 13.8 Å². The molecule has 0 aromatic heterocycles. The van der Waals surface area contributed by atoms with Crippen LogP contribution in [0.4, 0.5) is 0 Å². The Morgan fingerprint density at radius 1 is 1.24 bits per heavy atom. The molecule has 2 aliphatic carbocycles. The molecule has 0 spiro atoms. The van der Waals surface area contributed by atoms with Gasteiger partial charge in [0.15, 0.2) is 0 Å². The van der Waals surface area contributed by atoms with Gasteiger partial charge in [0.25, 0.3) is 0 Å². The Hall–Kier alpha value is -0.120. The summed E-state index contributed by atoms with van der Waals surface area (Å²) in [6, 6.07) is 0.